The van der Waals surface area contributed by atoms with Gasteiger partial charge in [0.25, 0.3) is 0 Å². The quantitative estimate of drug-likeness (QED) is 0.827. The number of carbonyl (C=O) groups excluding carboxylic acids is 1. The molecule has 0 radical (unpaired) electrons. The van der Waals surface area contributed by atoms with E-state index in [0.717, 1.165) is 24.3 Å². The van der Waals surface area contributed by atoms with Crippen molar-refractivity contribution in [1.29, 1.82) is 5.26 Å². The van der Waals surface area contributed by atoms with E-state index in [0.29, 0.717) is 5.75 Å². The van der Waals surface area contributed by atoms with Crippen LogP contribution in [0.2, 0.25) is 0 Å². The highest BCUT2D eigenvalue weighted by Crippen LogP contribution is 2.39. The van der Waals surface area contributed by atoms with Gasteiger partial charge in [0, 0.05) is 7.05 Å². The Labute approximate surface area is 154 Å². The van der Waals surface area contributed by atoms with E-state index >= 15 is 0 Å². The van der Waals surface area contributed by atoms with Crippen LogP contribution >= 0.6 is 0 Å². The van der Waals surface area contributed by atoms with Crippen LogP contribution in [0.5, 0.6) is 11.5 Å². The van der Waals surface area contributed by atoms with E-state index < -0.39 is 5.54 Å². The summed E-state index contributed by atoms with van der Waals surface area (Å²) in [6.07, 6.45) is 1.99. The Bertz CT molecular complexity index is 812. The topological polar surface area (TPSA) is 65.4 Å². The van der Waals surface area contributed by atoms with Crippen molar-refractivity contribution >= 4 is 11.6 Å². The molecule has 0 aromatic heterocycles. The van der Waals surface area contributed by atoms with Gasteiger partial charge in [0.05, 0.1) is 18.3 Å². The number of anilines is 1. The number of ether oxygens (including phenoxy) is 1. The molecule has 1 fully saturated rings. The molecule has 1 aliphatic rings. The van der Waals surface area contributed by atoms with Crippen molar-refractivity contribution in [3.05, 3.63) is 54.6 Å². The molecule has 1 N–H and O–H groups in total. The standard InChI is InChI=1S/C21H23N3O2/c1-21(15-22,16-12-13-16)23-20(25)14-24(2)18-10-6-7-11-19(18)26-17-8-4-3-5-9-17/h3-11,16H,12-14H2,1-2H3,(H,23,25). The number of carbonyl (C=O) groups is 1. The number of para-hydroxylation sites is 3. The van der Waals surface area contributed by atoms with Crippen molar-refractivity contribution in [2.75, 3.05) is 18.5 Å². The zero-order chi connectivity index (χ0) is 18.6. The molecule has 0 bridgehead atoms. The highest BCUT2D eigenvalue weighted by molar-refractivity contribution is 5.83. The van der Waals surface area contributed by atoms with Crippen LogP contribution in [0.1, 0.15) is 19.8 Å². The van der Waals surface area contributed by atoms with Crippen molar-refractivity contribution in [1.82, 2.24) is 5.32 Å². The third-order valence-electron chi connectivity index (χ3n) is 4.65. The normalized spacial score (nSPS) is 15.4. The first-order valence-electron chi connectivity index (χ1n) is 8.77. The molecule has 2 aromatic rings. The number of hydrogen-bond acceptors (Lipinski definition) is 4. The summed E-state index contributed by atoms with van der Waals surface area (Å²) in [5.74, 6) is 1.51. The molecule has 5 heteroatoms. The fourth-order valence-corrected chi connectivity index (χ4v) is 2.99. The van der Waals surface area contributed by atoms with E-state index in [1.54, 1.807) is 6.92 Å². The maximum absolute atomic E-state index is 12.5. The summed E-state index contributed by atoms with van der Waals surface area (Å²) in [4.78, 5) is 14.3. The maximum Gasteiger partial charge on any atom is 0.240 e. The molecule has 1 aliphatic carbocycles. The van der Waals surface area contributed by atoms with E-state index in [4.69, 9.17) is 4.74 Å². The van der Waals surface area contributed by atoms with Crippen LogP contribution in [0.15, 0.2) is 54.6 Å². The van der Waals surface area contributed by atoms with E-state index in [9.17, 15) is 10.1 Å². The minimum absolute atomic E-state index is 0.152. The van der Waals surface area contributed by atoms with Crippen LogP contribution in [0.3, 0.4) is 0 Å². The molecule has 0 saturated heterocycles. The molecule has 3 rings (SSSR count). The molecule has 5 nitrogen and oxygen atoms in total. The Kier molecular flexibility index (Phi) is 5.13. The number of likely N-dealkylation sites (N-methyl/N-ethyl adjacent to an activating group) is 1. The number of amides is 1. The minimum Gasteiger partial charge on any atom is -0.455 e. The van der Waals surface area contributed by atoms with Gasteiger partial charge in [-0.15, -0.1) is 0 Å². The predicted molar refractivity (Wildman–Crippen MR) is 101 cm³/mol. The first-order chi connectivity index (χ1) is 12.5. The lowest BCUT2D eigenvalue weighted by atomic mass is 9.98. The van der Waals surface area contributed by atoms with Gasteiger partial charge in [-0.05, 0) is 49.9 Å². The SMILES string of the molecule is CN(CC(=O)NC(C)(C#N)C1CC1)c1ccccc1Oc1ccccc1. The monoisotopic (exact) mass is 349 g/mol. The zero-order valence-corrected chi connectivity index (χ0v) is 15.1. The van der Waals surface area contributed by atoms with E-state index in [1.807, 2.05) is 66.5 Å². The predicted octanol–water partition coefficient (Wildman–Crippen LogP) is 3.72. The molecular weight excluding hydrogens is 326 g/mol. The number of benzene rings is 2. The molecule has 26 heavy (non-hydrogen) atoms. The van der Waals surface area contributed by atoms with Gasteiger partial charge in [0.1, 0.15) is 11.3 Å². The molecule has 2 aromatic carbocycles. The minimum atomic E-state index is -0.780. The first-order valence-corrected chi connectivity index (χ1v) is 8.77. The van der Waals surface area contributed by atoms with Crippen molar-refractivity contribution < 1.29 is 9.53 Å². The van der Waals surface area contributed by atoms with Gasteiger partial charge in [-0.3, -0.25) is 4.79 Å². The lowest BCUT2D eigenvalue weighted by molar-refractivity contribution is -0.121. The maximum atomic E-state index is 12.5. The summed E-state index contributed by atoms with van der Waals surface area (Å²) in [5, 5.41) is 12.3. The Morgan fingerprint density at radius 3 is 2.54 bits per heavy atom. The van der Waals surface area contributed by atoms with Crippen LogP contribution in [0, 0.1) is 17.2 Å². The van der Waals surface area contributed by atoms with Crippen molar-refractivity contribution in [3.63, 3.8) is 0 Å². The van der Waals surface area contributed by atoms with Gasteiger partial charge < -0.3 is 15.0 Å². The molecule has 1 atom stereocenters. The van der Waals surface area contributed by atoms with E-state index in [2.05, 4.69) is 11.4 Å². The molecule has 1 unspecified atom stereocenters. The summed E-state index contributed by atoms with van der Waals surface area (Å²) >= 11 is 0. The Hall–Kier alpha value is -3.00. The summed E-state index contributed by atoms with van der Waals surface area (Å²) in [7, 11) is 1.84. The average molecular weight is 349 g/mol. The Morgan fingerprint density at radius 1 is 1.23 bits per heavy atom. The van der Waals surface area contributed by atoms with Gasteiger partial charge in [-0.1, -0.05) is 30.3 Å². The average Bonchev–Trinajstić information content (AvgIpc) is 3.48. The van der Waals surface area contributed by atoms with Crippen LogP contribution in [-0.2, 0) is 4.79 Å². The zero-order valence-electron chi connectivity index (χ0n) is 15.1. The first kappa shape index (κ1) is 17.8. The van der Waals surface area contributed by atoms with Crippen LogP contribution in [-0.4, -0.2) is 25.0 Å². The fourth-order valence-electron chi connectivity index (χ4n) is 2.99. The highest BCUT2D eigenvalue weighted by Gasteiger charge is 2.43. The Morgan fingerprint density at radius 2 is 1.88 bits per heavy atom. The summed E-state index contributed by atoms with van der Waals surface area (Å²) in [6, 6.07) is 19.4. The van der Waals surface area contributed by atoms with Gasteiger partial charge >= 0.3 is 0 Å². The number of hydrogen-bond donors (Lipinski definition) is 1. The van der Waals surface area contributed by atoms with Gasteiger partial charge in [-0.25, -0.2) is 0 Å². The van der Waals surface area contributed by atoms with Crippen molar-refractivity contribution in [2.24, 2.45) is 5.92 Å². The number of nitrogens with zero attached hydrogens (tertiary/aromatic N) is 2. The van der Waals surface area contributed by atoms with Crippen LogP contribution in [0.25, 0.3) is 0 Å². The largest absolute Gasteiger partial charge is 0.455 e. The lowest BCUT2D eigenvalue weighted by Gasteiger charge is -2.26. The van der Waals surface area contributed by atoms with E-state index in [-0.39, 0.29) is 18.4 Å². The van der Waals surface area contributed by atoms with Crippen molar-refractivity contribution in [2.45, 2.75) is 25.3 Å². The molecule has 1 saturated carbocycles. The second kappa shape index (κ2) is 7.49. The molecule has 0 aliphatic heterocycles. The smallest absolute Gasteiger partial charge is 0.240 e. The number of nitriles is 1. The van der Waals surface area contributed by atoms with Crippen LogP contribution in [0.4, 0.5) is 5.69 Å². The van der Waals surface area contributed by atoms with Gasteiger partial charge in [-0.2, -0.15) is 5.26 Å². The fraction of sp³-hybridized carbons (Fsp3) is 0.333. The second-order valence-corrected chi connectivity index (χ2v) is 6.88. The number of rotatable bonds is 7. The second-order valence-electron chi connectivity index (χ2n) is 6.88. The summed E-state index contributed by atoms with van der Waals surface area (Å²) in [6.45, 7) is 1.95. The van der Waals surface area contributed by atoms with Crippen LogP contribution < -0.4 is 15.0 Å². The molecule has 0 spiro atoms. The lowest BCUT2D eigenvalue weighted by Crippen LogP contribution is -2.49. The Balaban J connectivity index is 1.69. The highest BCUT2D eigenvalue weighted by atomic mass is 16.5. The summed E-state index contributed by atoms with van der Waals surface area (Å²) in [5.41, 5.74) is 0.0365. The van der Waals surface area contributed by atoms with Gasteiger partial charge in [0.2, 0.25) is 5.91 Å². The summed E-state index contributed by atoms with van der Waals surface area (Å²) < 4.78 is 5.96. The number of nitrogens with one attached hydrogen (secondary N) is 1. The molecule has 134 valence electrons. The van der Waals surface area contributed by atoms with Gasteiger partial charge in [0.15, 0.2) is 5.75 Å². The molecule has 0 heterocycles. The third kappa shape index (κ3) is 4.15. The van der Waals surface area contributed by atoms with E-state index in [1.165, 1.54) is 0 Å². The third-order valence-corrected chi connectivity index (χ3v) is 4.65. The van der Waals surface area contributed by atoms with Crippen molar-refractivity contribution in [3.8, 4) is 17.6 Å². The molecular formula is C21H23N3O2. The molecule has 1 amide bonds.